The van der Waals surface area contributed by atoms with Crippen molar-refractivity contribution in [3.8, 4) is 0 Å². The first-order valence-electron chi connectivity index (χ1n) is 6.80. The maximum Gasteiger partial charge on any atom is 0.236 e. The molecule has 0 unspecified atom stereocenters. The molecular weight excluding hydrogens is 214 g/mol. The van der Waals surface area contributed by atoms with Crippen molar-refractivity contribution in [1.82, 2.24) is 10.2 Å². The summed E-state index contributed by atoms with van der Waals surface area (Å²) in [7, 11) is 0. The molecule has 4 nitrogen and oxygen atoms in total. The second kappa shape index (κ2) is 6.36. The fraction of sp³-hybridized carbons (Fsp3) is 0.923. The van der Waals surface area contributed by atoms with Crippen molar-refractivity contribution in [2.75, 3.05) is 19.6 Å². The van der Waals surface area contributed by atoms with Gasteiger partial charge in [-0.15, -0.1) is 0 Å². The second-order valence-corrected chi connectivity index (χ2v) is 5.27. The number of carbonyl (C=O) groups is 1. The molecule has 1 fully saturated rings. The van der Waals surface area contributed by atoms with Gasteiger partial charge >= 0.3 is 0 Å². The van der Waals surface area contributed by atoms with Crippen molar-refractivity contribution in [2.45, 2.75) is 58.0 Å². The fourth-order valence-electron chi connectivity index (χ4n) is 2.35. The van der Waals surface area contributed by atoms with Gasteiger partial charge in [0.2, 0.25) is 5.91 Å². The molecule has 1 rings (SSSR count). The average molecular weight is 241 g/mol. The number of rotatable bonds is 5. The van der Waals surface area contributed by atoms with Crippen LogP contribution in [0.1, 0.15) is 46.5 Å². The van der Waals surface area contributed by atoms with E-state index in [0.717, 1.165) is 38.8 Å². The molecule has 3 N–H and O–H groups in total. The van der Waals surface area contributed by atoms with E-state index in [1.54, 1.807) is 0 Å². The van der Waals surface area contributed by atoms with E-state index in [-0.39, 0.29) is 18.0 Å². The Labute approximate surface area is 105 Å². The van der Waals surface area contributed by atoms with Crippen LogP contribution in [0.2, 0.25) is 0 Å². The molecule has 0 spiro atoms. The standard InChI is InChI=1S/C13H27N3O/c1-4-13(3,5-2)15-11-6-8-16(9-7-11)12(17)10-14/h11,15H,4-10,14H2,1-3H3. The van der Waals surface area contributed by atoms with E-state index in [2.05, 4.69) is 26.1 Å². The number of hydrogen-bond acceptors (Lipinski definition) is 3. The van der Waals surface area contributed by atoms with Crippen molar-refractivity contribution in [1.29, 1.82) is 0 Å². The lowest BCUT2D eigenvalue weighted by Crippen LogP contribution is -2.53. The summed E-state index contributed by atoms with van der Waals surface area (Å²) in [4.78, 5) is 13.3. The van der Waals surface area contributed by atoms with Gasteiger partial charge < -0.3 is 16.0 Å². The third-order valence-corrected chi connectivity index (χ3v) is 4.14. The fourth-order valence-corrected chi connectivity index (χ4v) is 2.35. The lowest BCUT2D eigenvalue weighted by Gasteiger charge is -2.38. The molecule has 0 aromatic carbocycles. The van der Waals surface area contributed by atoms with Crippen molar-refractivity contribution in [3.05, 3.63) is 0 Å². The van der Waals surface area contributed by atoms with Gasteiger partial charge in [0.15, 0.2) is 0 Å². The molecule has 1 heterocycles. The van der Waals surface area contributed by atoms with Gasteiger partial charge in [-0.3, -0.25) is 4.79 Å². The average Bonchev–Trinajstić information content (AvgIpc) is 2.38. The first-order chi connectivity index (χ1) is 8.04. The molecule has 0 atom stereocenters. The van der Waals surface area contributed by atoms with Crippen LogP contribution in [0, 0.1) is 0 Å². The van der Waals surface area contributed by atoms with Gasteiger partial charge in [-0.1, -0.05) is 13.8 Å². The van der Waals surface area contributed by atoms with Gasteiger partial charge in [0.05, 0.1) is 6.54 Å². The molecule has 0 aromatic rings. The van der Waals surface area contributed by atoms with E-state index in [9.17, 15) is 4.79 Å². The largest absolute Gasteiger partial charge is 0.341 e. The number of hydrogen-bond donors (Lipinski definition) is 2. The third-order valence-electron chi connectivity index (χ3n) is 4.14. The van der Waals surface area contributed by atoms with E-state index in [1.165, 1.54) is 0 Å². The van der Waals surface area contributed by atoms with E-state index >= 15 is 0 Å². The molecule has 100 valence electrons. The highest BCUT2D eigenvalue weighted by Crippen LogP contribution is 2.19. The zero-order chi connectivity index (χ0) is 12.9. The second-order valence-electron chi connectivity index (χ2n) is 5.27. The van der Waals surface area contributed by atoms with Crippen LogP contribution in [0.3, 0.4) is 0 Å². The van der Waals surface area contributed by atoms with Gasteiger partial charge in [-0.2, -0.15) is 0 Å². The van der Waals surface area contributed by atoms with Crippen molar-refractivity contribution in [3.63, 3.8) is 0 Å². The summed E-state index contributed by atoms with van der Waals surface area (Å²) in [5.41, 5.74) is 5.62. The molecule has 0 bridgehead atoms. The van der Waals surface area contributed by atoms with E-state index in [0.29, 0.717) is 6.04 Å². The maximum atomic E-state index is 11.5. The monoisotopic (exact) mass is 241 g/mol. The van der Waals surface area contributed by atoms with E-state index in [1.807, 2.05) is 4.90 Å². The third kappa shape index (κ3) is 3.96. The Balaban J connectivity index is 2.39. The first-order valence-corrected chi connectivity index (χ1v) is 6.80. The SMILES string of the molecule is CCC(C)(CC)NC1CCN(C(=O)CN)CC1. The highest BCUT2D eigenvalue weighted by atomic mass is 16.2. The summed E-state index contributed by atoms with van der Waals surface area (Å²) in [6, 6.07) is 0.543. The Bertz CT molecular complexity index is 243. The van der Waals surface area contributed by atoms with Gasteiger partial charge in [0.25, 0.3) is 0 Å². The first kappa shape index (κ1) is 14.5. The smallest absolute Gasteiger partial charge is 0.236 e. The zero-order valence-corrected chi connectivity index (χ0v) is 11.5. The van der Waals surface area contributed by atoms with Gasteiger partial charge in [-0.25, -0.2) is 0 Å². The predicted octanol–water partition coefficient (Wildman–Crippen LogP) is 1.10. The summed E-state index contributed by atoms with van der Waals surface area (Å²) in [5.74, 6) is 0.0807. The van der Waals surface area contributed by atoms with Gasteiger partial charge in [-0.05, 0) is 32.6 Å². The van der Waals surface area contributed by atoms with Crippen LogP contribution in [0.5, 0.6) is 0 Å². The Morgan fingerprint density at radius 1 is 1.35 bits per heavy atom. The highest BCUT2D eigenvalue weighted by Gasteiger charge is 2.27. The van der Waals surface area contributed by atoms with Crippen molar-refractivity contribution < 1.29 is 4.79 Å². The number of likely N-dealkylation sites (tertiary alicyclic amines) is 1. The summed E-state index contributed by atoms with van der Waals surface area (Å²) in [6.07, 6.45) is 4.37. The quantitative estimate of drug-likeness (QED) is 0.758. The number of amides is 1. The van der Waals surface area contributed by atoms with Gasteiger partial charge in [0, 0.05) is 24.7 Å². The highest BCUT2D eigenvalue weighted by molar-refractivity contribution is 5.78. The Kier molecular flexibility index (Phi) is 5.40. The lowest BCUT2D eigenvalue weighted by molar-refractivity contribution is -0.130. The van der Waals surface area contributed by atoms with E-state index < -0.39 is 0 Å². The van der Waals surface area contributed by atoms with Crippen LogP contribution >= 0.6 is 0 Å². The maximum absolute atomic E-state index is 11.5. The number of piperidine rings is 1. The summed E-state index contributed by atoms with van der Waals surface area (Å²) >= 11 is 0. The van der Waals surface area contributed by atoms with Crippen molar-refractivity contribution >= 4 is 5.91 Å². The van der Waals surface area contributed by atoms with Gasteiger partial charge in [0.1, 0.15) is 0 Å². The van der Waals surface area contributed by atoms with Crippen molar-refractivity contribution in [2.24, 2.45) is 5.73 Å². The number of nitrogens with one attached hydrogen (secondary N) is 1. The molecule has 17 heavy (non-hydrogen) atoms. The molecule has 0 aromatic heterocycles. The molecule has 1 amide bonds. The molecule has 1 aliphatic heterocycles. The number of carbonyl (C=O) groups excluding carboxylic acids is 1. The molecule has 0 aliphatic carbocycles. The Morgan fingerprint density at radius 2 is 1.88 bits per heavy atom. The van der Waals surface area contributed by atoms with Crippen LogP contribution in [0.15, 0.2) is 0 Å². The van der Waals surface area contributed by atoms with Crippen LogP contribution < -0.4 is 11.1 Å². The summed E-state index contributed by atoms with van der Waals surface area (Å²) < 4.78 is 0. The zero-order valence-electron chi connectivity index (χ0n) is 11.5. The molecule has 1 saturated heterocycles. The molecule has 0 radical (unpaired) electrons. The van der Waals surface area contributed by atoms with Crippen LogP contribution in [-0.4, -0.2) is 42.0 Å². The summed E-state index contributed by atoms with van der Waals surface area (Å²) in [6.45, 7) is 8.56. The number of nitrogens with two attached hydrogens (primary N) is 1. The molecule has 0 saturated carbocycles. The van der Waals surface area contributed by atoms with Crippen LogP contribution in [0.25, 0.3) is 0 Å². The predicted molar refractivity (Wildman–Crippen MR) is 70.8 cm³/mol. The minimum Gasteiger partial charge on any atom is -0.341 e. The molecular formula is C13H27N3O. The van der Waals surface area contributed by atoms with E-state index in [4.69, 9.17) is 5.73 Å². The topological polar surface area (TPSA) is 58.4 Å². The van der Waals surface area contributed by atoms with Crippen LogP contribution in [0.4, 0.5) is 0 Å². The minimum absolute atomic E-state index is 0.0807. The minimum atomic E-state index is 0.0807. The summed E-state index contributed by atoms with van der Waals surface area (Å²) in [5, 5.41) is 3.74. The molecule has 4 heteroatoms. The Morgan fingerprint density at radius 3 is 2.29 bits per heavy atom. The normalized spacial score (nSPS) is 18.5. The molecule has 1 aliphatic rings. The lowest BCUT2D eigenvalue weighted by atomic mass is 9.92. The number of nitrogens with zero attached hydrogens (tertiary/aromatic N) is 1. The van der Waals surface area contributed by atoms with Crippen LogP contribution in [-0.2, 0) is 4.79 Å². The Hall–Kier alpha value is -0.610.